The quantitative estimate of drug-likeness (QED) is 0.888. The first-order valence-corrected chi connectivity index (χ1v) is 7.09. The molecule has 0 unspecified atom stereocenters. The molecule has 1 aliphatic rings. The summed E-state index contributed by atoms with van der Waals surface area (Å²) in [6.07, 6.45) is 1.04. The van der Waals surface area contributed by atoms with Gasteiger partial charge in [-0.2, -0.15) is 0 Å². The van der Waals surface area contributed by atoms with E-state index in [1.54, 1.807) is 0 Å². The van der Waals surface area contributed by atoms with Gasteiger partial charge >= 0.3 is 0 Å². The third kappa shape index (κ3) is 3.96. The zero-order valence-electron chi connectivity index (χ0n) is 11.6. The molecule has 2 rings (SSSR count). The van der Waals surface area contributed by atoms with Gasteiger partial charge in [0.15, 0.2) is 0 Å². The summed E-state index contributed by atoms with van der Waals surface area (Å²) in [4.78, 5) is 16.5. The van der Waals surface area contributed by atoms with Crippen molar-refractivity contribution >= 4 is 11.6 Å². The van der Waals surface area contributed by atoms with Gasteiger partial charge in [0.1, 0.15) is 0 Å². The van der Waals surface area contributed by atoms with Crippen LogP contribution in [0, 0.1) is 0 Å². The Balaban J connectivity index is 1.96. The second-order valence-corrected chi connectivity index (χ2v) is 4.83. The normalized spacial score (nSPS) is 15.9. The highest BCUT2D eigenvalue weighted by Crippen LogP contribution is 2.13. The number of likely N-dealkylation sites (N-methyl/N-ethyl adjacent to an activating group) is 1. The third-order valence-electron chi connectivity index (χ3n) is 3.52. The van der Waals surface area contributed by atoms with Crippen LogP contribution in [0.25, 0.3) is 0 Å². The van der Waals surface area contributed by atoms with Crippen LogP contribution < -0.4 is 10.2 Å². The van der Waals surface area contributed by atoms with Crippen molar-refractivity contribution in [3.05, 3.63) is 30.3 Å². The Morgan fingerprint density at radius 3 is 2.79 bits per heavy atom. The minimum absolute atomic E-state index is 0.231. The Labute approximate surface area is 115 Å². The van der Waals surface area contributed by atoms with E-state index in [9.17, 15) is 4.79 Å². The van der Waals surface area contributed by atoms with Crippen LogP contribution in [0.5, 0.6) is 0 Å². The molecule has 1 aliphatic heterocycles. The van der Waals surface area contributed by atoms with Gasteiger partial charge in [0.25, 0.3) is 0 Å². The second-order valence-electron chi connectivity index (χ2n) is 4.83. The smallest absolute Gasteiger partial charge is 0.242 e. The molecule has 0 bridgehead atoms. The monoisotopic (exact) mass is 261 g/mol. The van der Waals surface area contributed by atoms with Gasteiger partial charge in [0, 0.05) is 31.9 Å². The predicted molar refractivity (Wildman–Crippen MR) is 78.4 cm³/mol. The number of benzene rings is 1. The Kier molecular flexibility index (Phi) is 5.21. The summed E-state index contributed by atoms with van der Waals surface area (Å²) in [5.41, 5.74) is 1.12. The highest BCUT2D eigenvalue weighted by Gasteiger charge is 2.17. The number of hydrogen-bond donors (Lipinski definition) is 1. The first kappa shape index (κ1) is 13.9. The van der Waals surface area contributed by atoms with Gasteiger partial charge in [0.05, 0.1) is 6.54 Å². The summed E-state index contributed by atoms with van der Waals surface area (Å²) in [6.45, 7) is 7.03. The van der Waals surface area contributed by atoms with Crippen molar-refractivity contribution in [3.8, 4) is 0 Å². The van der Waals surface area contributed by atoms with E-state index in [1.165, 1.54) is 0 Å². The minimum Gasteiger partial charge on any atom is -0.362 e. The molecule has 0 saturated carbocycles. The fourth-order valence-electron chi connectivity index (χ4n) is 2.38. The minimum atomic E-state index is 0.231. The zero-order valence-corrected chi connectivity index (χ0v) is 11.6. The van der Waals surface area contributed by atoms with Crippen LogP contribution in [0.15, 0.2) is 30.3 Å². The van der Waals surface area contributed by atoms with Gasteiger partial charge in [0.2, 0.25) is 5.91 Å². The van der Waals surface area contributed by atoms with Crippen LogP contribution in [0.4, 0.5) is 5.69 Å². The molecule has 4 heteroatoms. The molecule has 0 atom stereocenters. The summed E-state index contributed by atoms with van der Waals surface area (Å²) in [7, 11) is 0. The van der Waals surface area contributed by atoms with E-state index >= 15 is 0 Å². The zero-order chi connectivity index (χ0) is 13.5. The first-order chi connectivity index (χ1) is 9.31. The van der Waals surface area contributed by atoms with Crippen LogP contribution in [0.3, 0.4) is 0 Å². The molecule has 19 heavy (non-hydrogen) atoms. The molecule has 1 amide bonds. The number of para-hydroxylation sites is 1. The van der Waals surface area contributed by atoms with Crippen molar-refractivity contribution in [1.29, 1.82) is 0 Å². The number of nitrogens with one attached hydrogen (secondary N) is 1. The average molecular weight is 261 g/mol. The molecule has 0 aromatic heterocycles. The number of anilines is 1. The van der Waals surface area contributed by atoms with Crippen LogP contribution >= 0.6 is 0 Å². The largest absolute Gasteiger partial charge is 0.362 e. The van der Waals surface area contributed by atoms with E-state index in [-0.39, 0.29) is 5.91 Å². The van der Waals surface area contributed by atoms with Crippen molar-refractivity contribution in [2.75, 3.05) is 44.2 Å². The average Bonchev–Trinajstić information content (AvgIpc) is 2.74. The molecule has 1 aromatic carbocycles. The molecule has 1 saturated heterocycles. The molecule has 1 aromatic rings. The van der Waals surface area contributed by atoms with Gasteiger partial charge in [-0.3, -0.25) is 4.79 Å². The maximum Gasteiger partial charge on any atom is 0.242 e. The van der Waals surface area contributed by atoms with Crippen LogP contribution in [-0.4, -0.2) is 50.1 Å². The molecule has 1 fully saturated rings. The van der Waals surface area contributed by atoms with E-state index in [1.807, 2.05) is 23.1 Å². The molecule has 1 N–H and O–H groups in total. The highest BCUT2D eigenvalue weighted by atomic mass is 16.2. The first-order valence-electron chi connectivity index (χ1n) is 7.09. The molecule has 104 valence electrons. The Bertz CT molecular complexity index is 386. The molecule has 0 spiro atoms. The van der Waals surface area contributed by atoms with Crippen molar-refractivity contribution < 1.29 is 4.79 Å². The van der Waals surface area contributed by atoms with Crippen LogP contribution in [0.1, 0.15) is 13.3 Å². The molecule has 1 heterocycles. The fraction of sp³-hybridized carbons (Fsp3) is 0.533. The van der Waals surface area contributed by atoms with Gasteiger partial charge in [-0.15, -0.1) is 0 Å². The Hall–Kier alpha value is -1.55. The third-order valence-corrected chi connectivity index (χ3v) is 3.52. The molecular weight excluding hydrogens is 238 g/mol. The highest BCUT2D eigenvalue weighted by molar-refractivity contribution is 5.81. The summed E-state index contributed by atoms with van der Waals surface area (Å²) in [5, 5.41) is 3.32. The lowest BCUT2D eigenvalue weighted by Gasteiger charge is -2.27. The number of hydrogen-bond acceptors (Lipinski definition) is 3. The lowest BCUT2D eigenvalue weighted by Crippen LogP contribution is -2.42. The SMILES string of the molecule is CCN(CC(=O)N1CCCNCC1)c1ccccc1. The van der Waals surface area contributed by atoms with Crippen molar-refractivity contribution in [2.45, 2.75) is 13.3 Å². The maximum atomic E-state index is 12.3. The van der Waals surface area contributed by atoms with Crippen molar-refractivity contribution in [2.24, 2.45) is 0 Å². The lowest BCUT2D eigenvalue weighted by molar-refractivity contribution is -0.129. The summed E-state index contributed by atoms with van der Waals surface area (Å²) >= 11 is 0. The summed E-state index contributed by atoms with van der Waals surface area (Å²) in [5.74, 6) is 0.231. The predicted octanol–water partition coefficient (Wildman–Crippen LogP) is 1.33. The van der Waals surface area contributed by atoms with E-state index in [2.05, 4.69) is 29.3 Å². The number of amides is 1. The van der Waals surface area contributed by atoms with E-state index < -0.39 is 0 Å². The Morgan fingerprint density at radius 2 is 2.05 bits per heavy atom. The van der Waals surface area contributed by atoms with Crippen LogP contribution in [0.2, 0.25) is 0 Å². The molecule has 0 radical (unpaired) electrons. The topological polar surface area (TPSA) is 35.6 Å². The number of carbonyl (C=O) groups is 1. The van der Waals surface area contributed by atoms with Gasteiger partial charge in [-0.1, -0.05) is 18.2 Å². The number of carbonyl (C=O) groups excluding carboxylic acids is 1. The summed E-state index contributed by atoms with van der Waals surface area (Å²) in [6, 6.07) is 10.1. The molecular formula is C15H23N3O. The van der Waals surface area contributed by atoms with E-state index in [0.717, 1.165) is 44.8 Å². The van der Waals surface area contributed by atoms with Gasteiger partial charge < -0.3 is 15.1 Å². The fourth-order valence-corrected chi connectivity index (χ4v) is 2.38. The van der Waals surface area contributed by atoms with E-state index in [0.29, 0.717) is 6.54 Å². The lowest BCUT2D eigenvalue weighted by atomic mass is 10.2. The second kappa shape index (κ2) is 7.14. The maximum absolute atomic E-state index is 12.3. The van der Waals surface area contributed by atoms with Crippen molar-refractivity contribution in [1.82, 2.24) is 10.2 Å². The molecule has 0 aliphatic carbocycles. The standard InChI is InChI=1S/C15H23N3O/c1-2-17(14-7-4-3-5-8-14)13-15(19)18-11-6-9-16-10-12-18/h3-5,7-8,16H,2,6,9-13H2,1H3. The van der Waals surface area contributed by atoms with E-state index in [4.69, 9.17) is 0 Å². The van der Waals surface area contributed by atoms with Gasteiger partial charge in [-0.25, -0.2) is 0 Å². The van der Waals surface area contributed by atoms with Crippen molar-refractivity contribution in [3.63, 3.8) is 0 Å². The molecule has 4 nitrogen and oxygen atoms in total. The number of rotatable bonds is 4. The van der Waals surface area contributed by atoms with Crippen LogP contribution in [-0.2, 0) is 4.79 Å². The van der Waals surface area contributed by atoms with Gasteiger partial charge in [-0.05, 0) is 32.0 Å². The summed E-state index contributed by atoms with van der Waals surface area (Å²) < 4.78 is 0. The Morgan fingerprint density at radius 1 is 1.26 bits per heavy atom. The number of nitrogens with zero attached hydrogens (tertiary/aromatic N) is 2.